The number of hydrogen-bond donors (Lipinski definition) is 1. The summed E-state index contributed by atoms with van der Waals surface area (Å²) >= 11 is 0. The fourth-order valence-electron chi connectivity index (χ4n) is 2.90. The molecule has 0 bridgehead atoms. The van der Waals surface area contributed by atoms with Gasteiger partial charge in [0.1, 0.15) is 0 Å². The Morgan fingerprint density at radius 1 is 0.900 bits per heavy atom. The summed E-state index contributed by atoms with van der Waals surface area (Å²) in [5.74, 6) is -0.0120. The molecule has 0 aliphatic heterocycles. The summed E-state index contributed by atoms with van der Waals surface area (Å²) in [4.78, 5) is 11.2. The number of carbonyl (C=O) groups is 1. The Labute approximate surface area is 118 Å². The average Bonchev–Trinajstić information content (AvgIpc) is 2.62. The molecule has 3 rings (SSSR count). The number of amides is 1. The van der Waals surface area contributed by atoms with Gasteiger partial charge in [-0.05, 0) is 28.7 Å². The highest BCUT2D eigenvalue weighted by Crippen LogP contribution is 2.37. The van der Waals surface area contributed by atoms with Gasteiger partial charge in [0.05, 0.1) is 0 Å². The number of primary amides is 1. The van der Waals surface area contributed by atoms with E-state index in [0.29, 0.717) is 6.42 Å². The maximum atomic E-state index is 11.2. The van der Waals surface area contributed by atoms with Crippen molar-refractivity contribution in [3.8, 4) is 0 Å². The second-order valence-electron chi connectivity index (χ2n) is 5.15. The maximum Gasteiger partial charge on any atom is 0.217 e. The number of carbonyl (C=O) groups excluding carboxylic acids is 1. The van der Waals surface area contributed by atoms with Crippen molar-refractivity contribution in [1.82, 2.24) is 0 Å². The van der Waals surface area contributed by atoms with E-state index in [9.17, 15) is 4.79 Å². The fourth-order valence-corrected chi connectivity index (χ4v) is 2.90. The fraction of sp³-hybridized carbons (Fsp3) is 0.167. The molecule has 2 aromatic carbocycles. The van der Waals surface area contributed by atoms with Gasteiger partial charge in [-0.2, -0.15) is 0 Å². The van der Waals surface area contributed by atoms with Gasteiger partial charge in [0.25, 0.3) is 0 Å². The van der Waals surface area contributed by atoms with Crippen molar-refractivity contribution < 1.29 is 4.79 Å². The lowest BCUT2D eigenvalue weighted by molar-refractivity contribution is -0.118. The SMILES string of the molecule is NC(=O)CCC1c2ccccc2C=Cc2ccccc21. The Hall–Kier alpha value is -2.35. The van der Waals surface area contributed by atoms with E-state index in [2.05, 4.69) is 48.6 Å². The zero-order chi connectivity index (χ0) is 13.9. The summed E-state index contributed by atoms with van der Waals surface area (Å²) in [6.45, 7) is 0. The van der Waals surface area contributed by atoms with Crippen molar-refractivity contribution in [3.05, 3.63) is 70.8 Å². The molecule has 0 saturated heterocycles. The topological polar surface area (TPSA) is 43.1 Å². The van der Waals surface area contributed by atoms with Crippen LogP contribution in [0.25, 0.3) is 12.2 Å². The van der Waals surface area contributed by atoms with Gasteiger partial charge in [-0.25, -0.2) is 0 Å². The van der Waals surface area contributed by atoms with Crippen molar-refractivity contribution in [3.63, 3.8) is 0 Å². The molecule has 2 nitrogen and oxygen atoms in total. The minimum absolute atomic E-state index is 0.227. The van der Waals surface area contributed by atoms with Crippen LogP contribution in [0.2, 0.25) is 0 Å². The van der Waals surface area contributed by atoms with Crippen LogP contribution in [0.5, 0.6) is 0 Å². The van der Waals surface area contributed by atoms with E-state index in [1.54, 1.807) is 0 Å². The van der Waals surface area contributed by atoms with Crippen LogP contribution in [0, 0.1) is 0 Å². The Balaban J connectivity index is 2.10. The van der Waals surface area contributed by atoms with E-state index in [1.165, 1.54) is 22.3 Å². The lowest BCUT2D eigenvalue weighted by Crippen LogP contribution is -2.13. The molecule has 20 heavy (non-hydrogen) atoms. The highest BCUT2D eigenvalue weighted by molar-refractivity contribution is 5.77. The van der Waals surface area contributed by atoms with Crippen molar-refractivity contribution in [2.24, 2.45) is 5.73 Å². The molecule has 0 aromatic heterocycles. The molecule has 2 aromatic rings. The molecule has 1 amide bonds. The Morgan fingerprint density at radius 3 is 1.90 bits per heavy atom. The Bertz CT molecular complexity index is 623. The van der Waals surface area contributed by atoms with Crippen molar-refractivity contribution >= 4 is 18.1 Å². The molecule has 0 saturated carbocycles. The number of hydrogen-bond acceptors (Lipinski definition) is 1. The second-order valence-corrected chi connectivity index (χ2v) is 5.15. The molecule has 0 heterocycles. The van der Waals surface area contributed by atoms with Crippen LogP contribution < -0.4 is 5.73 Å². The lowest BCUT2D eigenvalue weighted by atomic mass is 9.84. The average molecular weight is 263 g/mol. The smallest absolute Gasteiger partial charge is 0.217 e. The molecule has 0 fully saturated rings. The summed E-state index contributed by atoms with van der Waals surface area (Å²) in [6.07, 6.45) is 5.47. The standard InChI is InChI=1S/C18H17NO/c19-18(20)12-11-17-15-7-3-1-5-13(15)9-10-14-6-2-4-8-16(14)17/h1-10,17H,11-12H2,(H2,19,20). The highest BCUT2D eigenvalue weighted by atomic mass is 16.1. The van der Waals surface area contributed by atoms with Gasteiger partial charge in [0.15, 0.2) is 0 Å². The van der Waals surface area contributed by atoms with Gasteiger partial charge < -0.3 is 5.73 Å². The summed E-state index contributed by atoms with van der Waals surface area (Å²) in [7, 11) is 0. The normalized spacial score (nSPS) is 13.4. The van der Waals surface area contributed by atoms with Gasteiger partial charge in [-0.3, -0.25) is 4.79 Å². The summed E-state index contributed by atoms with van der Waals surface area (Å²) in [5.41, 5.74) is 10.3. The van der Waals surface area contributed by atoms with Crippen LogP contribution in [0.15, 0.2) is 48.5 Å². The minimum atomic E-state index is -0.239. The second kappa shape index (κ2) is 5.33. The molecular formula is C18H17NO. The molecular weight excluding hydrogens is 246 g/mol. The van der Waals surface area contributed by atoms with E-state index in [-0.39, 0.29) is 11.8 Å². The third-order valence-electron chi connectivity index (χ3n) is 3.86. The Kier molecular flexibility index (Phi) is 3.38. The number of benzene rings is 2. The summed E-state index contributed by atoms with van der Waals surface area (Å²) in [6, 6.07) is 16.7. The van der Waals surface area contributed by atoms with E-state index in [1.807, 2.05) is 12.1 Å². The zero-order valence-corrected chi connectivity index (χ0v) is 11.3. The number of rotatable bonds is 3. The Morgan fingerprint density at radius 2 is 1.40 bits per heavy atom. The van der Waals surface area contributed by atoms with Crippen LogP contribution >= 0.6 is 0 Å². The van der Waals surface area contributed by atoms with Crippen LogP contribution in [0.4, 0.5) is 0 Å². The monoisotopic (exact) mass is 263 g/mol. The van der Waals surface area contributed by atoms with Crippen molar-refractivity contribution in [2.75, 3.05) is 0 Å². The molecule has 0 unspecified atom stereocenters. The first kappa shape index (κ1) is 12.7. The molecule has 0 spiro atoms. The summed E-state index contributed by atoms with van der Waals surface area (Å²) < 4.78 is 0. The first-order chi connectivity index (χ1) is 9.75. The van der Waals surface area contributed by atoms with Crippen molar-refractivity contribution in [2.45, 2.75) is 18.8 Å². The molecule has 0 atom stereocenters. The van der Waals surface area contributed by atoms with Crippen LogP contribution in [-0.4, -0.2) is 5.91 Å². The summed E-state index contributed by atoms with van der Waals surface area (Å²) in [5, 5.41) is 0. The maximum absolute atomic E-state index is 11.2. The zero-order valence-electron chi connectivity index (χ0n) is 11.3. The molecule has 1 aliphatic rings. The molecule has 2 heteroatoms. The predicted octanol–water partition coefficient (Wildman–Crippen LogP) is 3.57. The van der Waals surface area contributed by atoms with E-state index < -0.39 is 0 Å². The van der Waals surface area contributed by atoms with Crippen LogP contribution in [0.1, 0.15) is 41.0 Å². The van der Waals surface area contributed by atoms with Gasteiger partial charge in [-0.15, -0.1) is 0 Å². The first-order valence-electron chi connectivity index (χ1n) is 6.90. The molecule has 0 radical (unpaired) electrons. The van der Waals surface area contributed by atoms with E-state index in [0.717, 1.165) is 6.42 Å². The van der Waals surface area contributed by atoms with Crippen LogP contribution in [0.3, 0.4) is 0 Å². The van der Waals surface area contributed by atoms with Gasteiger partial charge in [0, 0.05) is 12.3 Å². The molecule has 100 valence electrons. The van der Waals surface area contributed by atoms with Crippen LogP contribution in [-0.2, 0) is 4.79 Å². The molecule has 2 N–H and O–H groups in total. The predicted molar refractivity (Wildman–Crippen MR) is 82.1 cm³/mol. The van der Waals surface area contributed by atoms with Gasteiger partial charge in [-0.1, -0.05) is 60.7 Å². The third kappa shape index (κ3) is 2.37. The quantitative estimate of drug-likeness (QED) is 0.903. The largest absolute Gasteiger partial charge is 0.370 e. The number of nitrogens with two attached hydrogens (primary N) is 1. The highest BCUT2D eigenvalue weighted by Gasteiger charge is 2.21. The number of fused-ring (bicyclic) bond motifs is 2. The first-order valence-corrected chi connectivity index (χ1v) is 6.90. The van der Waals surface area contributed by atoms with Crippen molar-refractivity contribution in [1.29, 1.82) is 0 Å². The third-order valence-corrected chi connectivity index (χ3v) is 3.86. The molecule has 1 aliphatic carbocycles. The lowest BCUT2D eigenvalue weighted by Gasteiger charge is -2.19. The van der Waals surface area contributed by atoms with Gasteiger partial charge in [0.2, 0.25) is 5.91 Å². The van der Waals surface area contributed by atoms with E-state index >= 15 is 0 Å². The minimum Gasteiger partial charge on any atom is -0.370 e. The van der Waals surface area contributed by atoms with E-state index in [4.69, 9.17) is 5.73 Å². The van der Waals surface area contributed by atoms with Gasteiger partial charge >= 0.3 is 0 Å².